The lowest BCUT2D eigenvalue weighted by Crippen LogP contribution is -2.26. The summed E-state index contributed by atoms with van der Waals surface area (Å²) < 4.78 is 39.6. The van der Waals surface area contributed by atoms with Crippen molar-refractivity contribution < 1.29 is 13.2 Å². The minimum absolute atomic E-state index is 0.248. The molecule has 0 amide bonds. The molecule has 0 bridgehead atoms. The summed E-state index contributed by atoms with van der Waals surface area (Å²) in [7, 11) is 0. The second kappa shape index (κ2) is 5.58. The maximum absolute atomic E-state index is 12.7. The van der Waals surface area contributed by atoms with Crippen LogP contribution in [0, 0.1) is 12.8 Å². The zero-order valence-corrected chi connectivity index (χ0v) is 12.1. The van der Waals surface area contributed by atoms with Crippen LogP contribution in [0.15, 0.2) is 18.6 Å². The highest BCUT2D eigenvalue weighted by Gasteiger charge is 2.35. The Labute approximate surface area is 125 Å². The number of hydrogen-bond acceptors (Lipinski definition) is 4. The topological polar surface area (TPSA) is 55.6 Å². The summed E-state index contributed by atoms with van der Waals surface area (Å²) in [6.07, 6.45) is -0.411. The first-order valence-corrected chi connectivity index (χ1v) is 7.07. The van der Waals surface area contributed by atoms with E-state index in [0.29, 0.717) is 25.3 Å². The average molecular weight is 311 g/mol. The first kappa shape index (κ1) is 14.8. The fourth-order valence-electron chi connectivity index (χ4n) is 2.62. The van der Waals surface area contributed by atoms with E-state index in [1.165, 1.54) is 6.33 Å². The molecule has 0 aliphatic carbocycles. The van der Waals surface area contributed by atoms with Crippen molar-refractivity contribution in [2.75, 3.05) is 11.9 Å². The van der Waals surface area contributed by atoms with Crippen molar-refractivity contribution in [2.24, 2.45) is 5.92 Å². The van der Waals surface area contributed by atoms with Gasteiger partial charge in [0.2, 0.25) is 0 Å². The molecule has 22 heavy (non-hydrogen) atoms. The first-order valence-electron chi connectivity index (χ1n) is 7.07. The van der Waals surface area contributed by atoms with Crippen LogP contribution >= 0.6 is 0 Å². The lowest BCUT2D eigenvalue weighted by molar-refractivity contribution is -0.141. The van der Waals surface area contributed by atoms with Crippen LogP contribution in [-0.2, 0) is 19.1 Å². The van der Waals surface area contributed by atoms with Crippen LogP contribution in [-0.4, -0.2) is 26.1 Å². The van der Waals surface area contributed by atoms with Crippen molar-refractivity contribution in [3.05, 3.63) is 35.8 Å². The summed E-state index contributed by atoms with van der Waals surface area (Å²) >= 11 is 0. The Morgan fingerprint density at radius 2 is 2.18 bits per heavy atom. The molecule has 0 spiro atoms. The Kier molecular flexibility index (Phi) is 3.76. The molecule has 3 heterocycles. The Bertz CT molecular complexity index is 665. The van der Waals surface area contributed by atoms with Crippen molar-refractivity contribution in [2.45, 2.75) is 32.5 Å². The van der Waals surface area contributed by atoms with Crippen LogP contribution in [0.5, 0.6) is 0 Å². The zero-order valence-electron chi connectivity index (χ0n) is 12.1. The summed E-state index contributed by atoms with van der Waals surface area (Å²) in [6.45, 7) is 3.08. The minimum atomic E-state index is -4.38. The summed E-state index contributed by atoms with van der Waals surface area (Å²) in [4.78, 5) is 11.8. The summed E-state index contributed by atoms with van der Waals surface area (Å²) in [5.41, 5.74) is 0.0652. The van der Waals surface area contributed by atoms with Gasteiger partial charge in [-0.1, -0.05) is 0 Å². The maximum atomic E-state index is 12.7. The molecular weight excluding hydrogens is 295 g/mol. The average Bonchev–Trinajstić information content (AvgIpc) is 2.88. The van der Waals surface area contributed by atoms with Crippen molar-refractivity contribution in [3.8, 4) is 0 Å². The molecule has 0 saturated heterocycles. The Balaban J connectivity index is 1.63. The maximum Gasteiger partial charge on any atom is 0.434 e. The van der Waals surface area contributed by atoms with E-state index in [1.54, 1.807) is 4.57 Å². The number of aryl methyl sites for hydroxylation is 2. The van der Waals surface area contributed by atoms with Crippen LogP contribution in [0.4, 0.5) is 19.0 Å². The van der Waals surface area contributed by atoms with Gasteiger partial charge in [0.05, 0.1) is 0 Å². The number of fused-ring (bicyclic) bond motifs is 1. The van der Waals surface area contributed by atoms with Crippen LogP contribution < -0.4 is 5.32 Å². The molecule has 0 unspecified atom stereocenters. The van der Waals surface area contributed by atoms with E-state index >= 15 is 0 Å². The van der Waals surface area contributed by atoms with Gasteiger partial charge in [-0.2, -0.15) is 13.2 Å². The lowest BCUT2D eigenvalue weighted by Gasteiger charge is -2.24. The molecule has 0 radical (unpaired) electrons. The molecule has 2 aromatic rings. The van der Waals surface area contributed by atoms with Crippen molar-refractivity contribution >= 4 is 5.82 Å². The molecule has 0 saturated carbocycles. The Morgan fingerprint density at radius 1 is 1.36 bits per heavy atom. The third-order valence-electron chi connectivity index (χ3n) is 3.76. The van der Waals surface area contributed by atoms with Gasteiger partial charge in [0, 0.05) is 37.5 Å². The van der Waals surface area contributed by atoms with Gasteiger partial charge in [-0.05, 0) is 19.3 Å². The highest BCUT2D eigenvalue weighted by atomic mass is 19.4. The van der Waals surface area contributed by atoms with Gasteiger partial charge in [-0.25, -0.2) is 15.0 Å². The lowest BCUT2D eigenvalue weighted by atomic mass is 9.99. The predicted octanol–water partition coefficient (Wildman–Crippen LogP) is 2.67. The normalized spacial score (nSPS) is 18.1. The summed E-state index contributed by atoms with van der Waals surface area (Å²) in [5.74, 6) is 1.50. The van der Waals surface area contributed by atoms with Crippen LogP contribution in [0.25, 0.3) is 0 Å². The van der Waals surface area contributed by atoms with Gasteiger partial charge >= 0.3 is 6.18 Å². The second-order valence-corrected chi connectivity index (χ2v) is 5.52. The Hall–Kier alpha value is -2.12. The SMILES string of the molecule is Cc1cc(NC[C@H]2CCc3nc(C(F)(F)F)cn3C2)ncn1. The summed E-state index contributed by atoms with van der Waals surface area (Å²) in [6, 6.07) is 1.84. The number of nitrogens with zero attached hydrogens (tertiary/aromatic N) is 4. The fraction of sp³-hybridized carbons (Fsp3) is 0.500. The van der Waals surface area contributed by atoms with Gasteiger partial charge in [0.1, 0.15) is 18.0 Å². The van der Waals surface area contributed by atoms with Crippen LogP contribution in [0.2, 0.25) is 0 Å². The van der Waals surface area contributed by atoms with E-state index in [-0.39, 0.29) is 5.92 Å². The van der Waals surface area contributed by atoms with Crippen LogP contribution in [0.1, 0.15) is 23.6 Å². The van der Waals surface area contributed by atoms with Crippen molar-refractivity contribution in [3.63, 3.8) is 0 Å². The number of anilines is 1. The fourth-order valence-corrected chi connectivity index (χ4v) is 2.62. The van der Waals surface area contributed by atoms with E-state index in [0.717, 1.165) is 24.1 Å². The number of aromatic nitrogens is 4. The van der Waals surface area contributed by atoms with Gasteiger partial charge in [-0.15, -0.1) is 0 Å². The smallest absolute Gasteiger partial charge is 0.370 e. The number of hydrogen-bond donors (Lipinski definition) is 1. The number of rotatable bonds is 3. The zero-order chi connectivity index (χ0) is 15.7. The van der Waals surface area contributed by atoms with Crippen molar-refractivity contribution in [1.82, 2.24) is 19.5 Å². The Morgan fingerprint density at radius 3 is 2.91 bits per heavy atom. The molecule has 1 aliphatic heterocycles. The van der Waals surface area contributed by atoms with E-state index in [1.807, 2.05) is 13.0 Å². The number of nitrogens with one attached hydrogen (secondary N) is 1. The van der Waals surface area contributed by atoms with E-state index in [9.17, 15) is 13.2 Å². The molecule has 2 aromatic heterocycles. The second-order valence-electron chi connectivity index (χ2n) is 5.52. The van der Waals surface area contributed by atoms with Crippen molar-refractivity contribution in [1.29, 1.82) is 0 Å². The predicted molar refractivity (Wildman–Crippen MR) is 74.3 cm³/mol. The molecule has 1 aliphatic rings. The van der Waals surface area contributed by atoms with Crippen LogP contribution in [0.3, 0.4) is 0 Å². The largest absolute Gasteiger partial charge is 0.434 e. The summed E-state index contributed by atoms with van der Waals surface area (Å²) in [5, 5.41) is 3.22. The number of imidazole rings is 1. The van der Waals surface area contributed by atoms with Gasteiger partial charge in [-0.3, -0.25) is 0 Å². The molecule has 0 aromatic carbocycles. The molecule has 1 atom stereocenters. The molecule has 1 N–H and O–H groups in total. The number of alkyl halides is 3. The monoisotopic (exact) mass is 311 g/mol. The first-order chi connectivity index (χ1) is 10.4. The quantitative estimate of drug-likeness (QED) is 0.947. The molecule has 8 heteroatoms. The molecular formula is C14H16F3N5. The van der Waals surface area contributed by atoms with Gasteiger partial charge < -0.3 is 9.88 Å². The highest BCUT2D eigenvalue weighted by Crippen LogP contribution is 2.30. The minimum Gasteiger partial charge on any atom is -0.370 e. The third-order valence-corrected chi connectivity index (χ3v) is 3.76. The molecule has 0 fully saturated rings. The van der Waals surface area contributed by atoms with E-state index < -0.39 is 11.9 Å². The van der Waals surface area contributed by atoms with Gasteiger partial charge in [0.15, 0.2) is 5.69 Å². The highest BCUT2D eigenvalue weighted by molar-refractivity contribution is 5.34. The molecule has 3 rings (SSSR count). The van der Waals surface area contributed by atoms with Gasteiger partial charge in [0.25, 0.3) is 0 Å². The van der Waals surface area contributed by atoms with E-state index in [2.05, 4.69) is 20.3 Å². The van der Waals surface area contributed by atoms with E-state index in [4.69, 9.17) is 0 Å². The number of halogens is 3. The molecule has 118 valence electrons. The standard InChI is InChI=1S/C14H16F3N5/c1-9-4-12(20-8-19-9)18-5-10-2-3-13-21-11(14(15,16)17)7-22(13)6-10/h4,7-8,10H,2-3,5-6H2,1H3,(H,18,19,20)/t10-/m1/s1. The molecule has 5 nitrogen and oxygen atoms in total. The third kappa shape index (κ3) is 3.20.